The number of hydrogen-bond acceptors (Lipinski definition) is 4. The van der Waals surface area contributed by atoms with Gasteiger partial charge in [-0.3, -0.25) is 0 Å². The van der Waals surface area contributed by atoms with Crippen LogP contribution in [0.15, 0.2) is 12.3 Å². The van der Waals surface area contributed by atoms with E-state index in [4.69, 9.17) is 11.6 Å². The van der Waals surface area contributed by atoms with E-state index in [1.165, 1.54) is 6.42 Å². The summed E-state index contributed by atoms with van der Waals surface area (Å²) in [4.78, 5) is 10.5. The van der Waals surface area contributed by atoms with E-state index in [0.717, 1.165) is 18.7 Å². The van der Waals surface area contributed by atoms with Crippen molar-refractivity contribution in [3.63, 3.8) is 0 Å². The van der Waals surface area contributed by atoms with E-state index >= 15 is 0 Å². The predicted octanol–water partition coefficient (Wildman–Crippen LogP) is 2.12. The van der Waals surface area contributed by atoms with Crippen LogP contribution in [0.5, 0.6) is 0 Å². The van der Waals surface area contributed by atoms with Crippen molar-refractivity contribution in [3.8, 4) is 0 Å². The molecule has 0 spiro atoms. The van der Waals surface area contributed by atoms with Crippen molar-refractivity contribution >= 4 is 23.4 Å². The minimum atomic E-state index is 0.0551. The summed E-state index contributed by atoms with van der Waals surface area (Å²) < 4.78 is 0. The zero-order valence-electron chi connectivity index (χ0n) is 9.70. The van der Waals surface area contributed by atoms with Gasteiger partial charge in [-0.05, 0) is 25.3 Å². The number of aromatic nitrogens is 2. The number of hydrogen-bond donors (Lipinski definition) is 1. The van der Waals surface area contributed by atoms with Gasteiger partial charge in [0, 0.05) is 26.2 Å². The Bertz CT molecular complexity index is 357. The molecule has 0 bridgehead atoms. The Kier molecular flexibility index (Phi) is 3.19. The highest BCUT2D eigenvalue weighted by molar-refractivity contribution is 6.19. The lowest BCUT2D eigenvalue weighted by Gasteiger charge is -2.41. The Morgan fingerprint density at radius 2 is 2.25 bits per heavy atom. The van der Waals surface area contributed by atoms with Gasteiger partial charge in [0.05, 0.1) is 5.54 Å². The fourth-order valence-corrected chi connectivity index (χ4v) is 2.13. The second kappa shape index (κ2) is 4.45. The van der Waals surface area contributed by atoms with E-state index in [1.807, 2.05) is 25.1 Å². The fourth-order valence-electron chi connectivity index (χ4n) is 1.80. The normalized spacial score (nSPS) is 17.7. The van der Waals surface area contributed by atoms with Gasteiger partial charge in [0.15, 0.2) is 0 Å². The number of alkyl halides is 1. The van der Waals surface area contributed by atoms with Gasteiger partial charge in [0.1, 0.15) is 5.82 Å². The highest BCUT2D eigenvalue weighted by Gasteiger charge is 2.36. The SMILES string of the molecule is CN(C)c1nccc(NC2(CCl)CCC2)n1. The summed E-state index contributed by atoms with van der Waals surface area (Å²) in [7, 11) is 3.86. The summed E-state index contributed by atoms with van der Waals surface area (Å²) in [5, 5.41) is 3.43. The molecule has 0 amide bonds. The quantitative estimate of drug-likeness (QED) is 0.819. The third kappa shape index (κ3) is 2.21. The third-order valence-corrected chi connectivity index (χ3v) is 3.51. The molecular weight excluding hydrogens is 224 g/mol. The molecule has 1 aromatic rings. The van der Waals surface area contributed by atoms with Gasteiger partial charge >= 0.3 is 0 Å². The van der Waals surface area contributed by atoms with E-state index in [-0.39, 0.29) is 5.54 Å². The van der Waals surface area contributed by atoms with Crippen molar-refractivity contribution in [3.05, 3.63) is 12.3 Å². The van der Waals surface area contributed by atoms with E-state index < -0.39 is 0 Å². The molecule has 2 rings (SSSR count). The van der Waals surface area contributed by atoms with Crippen molar-refractivity contribution in [2.75, 3.05) is 30.2 Å². The van der Waals surface area contributed by atoms with Gasteiger partial charge < -0.3 is 10.2 Å². The lowest BCUT2D eigenvalue weighted by atomic mass is 9.78. The lowest BCUT2D eigenvalue weighted by Crippen LogP contribution is -2.47. The summed E-state index contributed by atoms with van der Waals surface area (Å²) in [6.45, 7) is 0. The molecule has 88 valence electrons. The summed E-state index contributed by atoms with van der Waals surface area (Å²) in [5.74, 6) is 2.21. The van der Waals surface area contributed by atoms with Crippen LogP contribution in [0, 0.1) is 0 Å². The molecule has 0 aliphatic heterocycles. The number of nitrogens with zero attached hydrogens (tertiary/aromatic N) is 3. The monoisotopic (exact) mass is 240 g/mol. The molecule has 0 saturated heterocycles. The number of nitrogens with one attached hydrogen (secondary N) is 1. The average Bonchev–Trinajstić information content (AvgIpc) is 2.24. The van der Waals surface area contributed by atoms with E-state index in [1.54, 1.807) is 6.20 Å². The second-order valence-corrected chi connectivity index (χ2v) is 4.80. The van der Waals surface area contributed by atoms with Crippen LogP contribution in [-0.4, -0.2) is 35.5 Å². The lowest BCUT2D eigenvalue weighted by molar-refractivity contribution is 0.310. The summed E-state index contributed by atoms with van der Waals surface area (Å²) in [6, 6.07) is 1.89. The Morgan fingerprint density at radius 1 is 1.50 bits per heavy atom. The van der Waals surface area contributed by atoms with Crippen LogP contribution in [0.2, 0.25) is 0 Å². The third-order valence-electron chi connectivity index (χ3n) is 3.00. The van der Waals surface area contributed by atoms with E-state index in [0.29, 0.717) is 11.8 Å². The molecule has 1 N–H and O–H groups in total. The molecular formula is C11H17ClN4. The minimum absolute atomic E-state index is 0.0551. The van der Waals surface area contributed by atoms with Gasteiger partial charge in [0.2, 0.25) is 5.95 Å². The molecule has 0 aromatic carbocycles. The first-order chi connectivity index (χ1) is 7.65. The maximum absolute atomic E-state index is 6.00. The van der Waals surface area contributed by atoms with Gasteiger partial charge in [0.25, 0.3) is 0 Å². The first-order valence-electron chi connectivity index (χ1n) is 5.50. The highest BCUT2D eigenvalue weighted by Crippen LogP contribution is 2.35. The van der Waals surface area contributed by atoms with Crippen LogP contribution in [0.25, 0.3) is 0 Å². The molecule has 1 saturated carbocycles. The summed E-state index contributed by atoms with van der Waals surface area (Å²) >= 11 is 6.00. The standard InChI is InChI=1S/C11H17ClN4/c1-16(2)10-13-7-4-9(14-10)15-11(8-12)5-3-6-11/h4,7H,3,5-6,8H2,1-2H3,(H,13,14,15). The molecule has 1 aliphatic carbocycles. The van der Waals surface area contributed by atoms with Crippen molar-refractivity contribution in [2.45, 2.75) is 24.8 Å². The zero-order valence-corrected chi connectivity index (χ0v) is 10.5. The summed E-state index contributed by atoms with van der Waals surface area (Å²) in [6.07, 6.45) is 5.26. The predicted molar refractivity (Wildman–Crippen MR) is 67.3 cm³/mol. The molecule has 1 heterocycles. The maximum atomic E-state index is 6.00. The van der Waals surface area contributed by atoms with E-state index in [2.05, 4.69) is 15.3 Å². The van der Waals surface area contributed by atoms with Crippen molar-refractivity contribution in [1.82, 2.24) is 9.97 Å². The molecule has 0 unspecified atom stereocenters. The van der Waals surface area contributed by atoms with Crippen LogP contribution in [0.4, 0.5) is 11.8 Å². The number of rotatable bonds is 4. The van der Waals surface area contributed by atoms with Gasteiger partial charge in [-0.2, -0.15) is 4.98 Å². The molecule has 4 nitrogen and oxygen atoms in total. The van der Waals surface area contributed by atoms with Crippen LogP contribution in [0.1, 0.15) is 19.3 Å². The van der Waals surface area contributed by atoms with Crippen molar-refractivity contribution < 1.29 is 0 Å². The minimum Gasteiger partial charge on any atom is -0.363 e. The maximum Gasteiger partial charge on any atom is 0.226 e. The van der Waals surface area contributed by atoms with Gasteiger partial charge in [-0.15, -0.1) is 11.6 Å². The molecule has 0 atom stereocenters. The Labute approximate surface area is 101 Å². The van der Waals surface area contributed by atoms with Crippen LogP contribution in [0.3, 0.4) is 0 Å². The number of anilines is 2. The second-order valence-electron chi connectivity index (χ2n) is 4.53. The molecule has 5 heteroatoms. The average molecular weight is 241 g/mol. The largest absolute Gasteiger partial charge is 0.363 e. The van der Waals surface area contributed by atoms with E-state index in [9.17, 15) is 0 Å². The van der Waals surface area contributed by atoms with Crippen molar-refractivity contribution in [2.24, 2.45) is 0 Å². The first kappa shape index (κ1) is 11.5. The highest BCUT2D eigenvalue weighted by atomic mass is 35.5. The topological polar surface area (TPSA) is 41.1 Å². The molecule has 16 heavy (non-hydrogen) atoms. The smallest absolute Gasteiger partial charge is 0.226 e. The molecule has 1 aromatic heterocycles. The molecule has 1 fully saturated rings. The van der Waals surface area contributed by atoms with Crippen LogP contribution >= 0.6 is 11.6 Å². The first-order valence-corrected chi connectivity index (χ1v) is 6.03. The molecule has 0 radical (unpaired) electrons. The fraction of sp³-hybridized carbons (Fsp3) is 0.636. The van der Waals surface area contributed by atoms with Crippen molar-refractivity contribution in [1.29, 1.82) is 0 Å². The Hall–Kier alpha value is -1.03. The number of halogens is 1. The van der Waals surface area contributed by atoms with Crippen LogP contribution in [-0.2, 0) is 0 Å². The Balaban J connectivity index is 2.12. The summed E-state index contributed by atoms with van der Waals surface area (Å²) in [5.41, 5.74) is 0.0551. The zero-order chi connectivity index (χ0) is 11.6. The van der Waals surface area contributed by atoms with Crippen LogP contribution < -0.4 is 10.2 Å². The Morgan fingerprint density at radius 3 is 2.75 bits per heavy atom. The molecule has 1 aliphatic rings. The van der Waals surface area contributed by atoms with Gasteiger partial charge in [-0.25, -0.2) is 4.98 Å². The van der Waals surface area contributed by atoms with Gasteiger partial charge in [-0.1, -0.05) is 0 Å².